The minimum atomic E-state index is 0.0328. The van der Waals surface area contributed by atoms with Gasteiger partial charge >= 0.3 is 0 Å². The van der Waals surface area contributed by atoms with E-state index in [0.717, 1.165) is 53.5 Å². The molecule has 2 aliphatic heterocycles. The van der Waals surface area contributed by atoms with E-state index < -0.39 is 0 Å². The fourth-order valence-electron chi connectivity index (χ4n) is 5.00. The molecule has 1 aromatic carbocycles. The van der Waals surface area contributed by atoms with Crippen molar-refractivity contribution < 1.29 is 4.79 Å². The number of benzene rings is 1. The van der Waals surface area contributed by atoms with Gasteiger partial charge in [-0.25, -0.2) is 0 Å². The Hall–Kier alpha value is -3.14. The van der Waals surface area contributed by atoms with Crippen molar-refractivity contribution in [2.75, 3.05) is 6.54 Å². The Morgan fingerprint density at radius 3 is 2.57 bits per heavy atom. The predicted molar refractivity (Wildman–Crippen MR) is 150 cm³/mol. The lowest BCUT2D eigenvalue weighted by Gasteiger charge is -2.47. The van der Waals surface area contributed by atoms with E-state index in [9.17, 15) is 4.79 Å². The van der Waals surface area contributed by atoms with Crippen LogP contribution in [0.25, 0.3) is 11.3 Å². The average molecular weight is 472 g/mol. The molecular weight excluding hydrogens is 430 g/mol. The molecule has 35 heavy (non-hydrogen) atoms. The van der Waals surface area contributed by atoms with Gasteiger partial charge in [0.05, 0.1) is 6.54 Å². The predicted octanol–water partition coefficient (Wildman–Crippen LogP) is 6.63. The van der Waals surface area contributed by atoms with Gasteiger partial charge in [-0.3, -0.25) is 9.79 Å². The van der Waals surface area contributed by atoms with Crippen molar-refractivity contribution >= 4 is 23.3 Å². The van der Waals surface area contributed by atoms with E-state index in [0.29, 0.717) is 0 Å². The number of Topliss-reactive ketones (excluding diaryl/α,β-unsaturated/α-hetero) is 1. The van der Waals surface area contributed by atoms with E-state index >= 15 is 0 Å². The molecule has 1 aromatic rings. The smallest absolute Gasteiger partial charge is 0.151 e. The summed E-state index contributed by atoms with van der Waals surface area (Å²) in [6.07, 6.45) is 11.7. The van der Waals surface area contributed by atoms with E-state index in [-0.39, 0.29) is 23.8 Å². The molecule has 0 spiro atoms. The van der Waals surface area contributed by atoms with Crippen LogP contribution in [0.3, 0.4) is 0 Å². The van der Waals surface area contributed by atoms with Crippen LogP contribution >= 0.6 is 0 Å². The maximum atomic E-state index is 11.4. The molecule has 186 valence electrons. The van der Waals surface area contributed by atoms with Gasteiger partial charge in [0.2, 0.25) is 0 Å². The number of nitrogens with two attached hydrogens (primary N) is 1. The second kappa shape index (κ2) is 10.6. The Bertz CT molecular complexity index is 1150. The molecule has 2 N–H and O–H groups in total. The van der Waals surface area contributed by atoms with Gasteiger partial charge in [0.1, 0.15) is 0 Å². The Morgan fingerprint density at radius 1 is 1.29 bits per heavy atom. The van der Waals surface area contributed by atoms with E-state index in [4.69, 9.17) is 5.73 Å². The summed E-state index contributed by atoms with van der Waals surface area (Å²) in [4.78, 5) is 18.1. The SMILES string of the molecule is C=C1C=C2c3cc(CC)c(C(C=NCC(C)=O)=CN)cc3CC(C(C)(C)C)N2C=C1C(=C)CCC. The zero-order chi connectivity index (χ0) is 25.9. The molecule has 2 aliphatic rings. The number of nitrogens with zero attached hydrogens (tertiary/aromatic N) is 2. The first kappa shape index (κ1) is 26.5. The third-order valence-electron chi connectivity index (χ3n) is 6.91. The monoisotopic (exact) mass is 471 g/mol. The number of carbonyl (C=O) groups is 1. The van der Waals surface area contributed by atoms with Crippen molar-refractivity contribution in [2.45, 2.75) is 73.3 Å². The molecule has 4 nitrogen and oxygen atoms in total. The zero-order valence-corrected chi connectivity index (χ0v) is 22.4. The quantitative estimate of drug-likeness (QED) is 0.433. The minimum absolute atomic E-state index is 0.0328. The second-order valence-corrected chi connectivity index (χ2v) is 10.8. The fourth-order valence-corrected chi connectivity index (χ4v) is 5.00. The number of carbonyl (C=O) groups excluding carboxylic acids is 1. The van der Waals surface area contributed by atoms with E-state index in [1.807, 2.05) is 0 Å². The second-order valence-electron chi connectivity index (χ2n) is 10.8. The molecule has 0 saturated carbocycles. The van der Waals surface area contributed by atoms with Crippen molar-refractivity contribution in [3.8, 4) is 0 Å². The molecule has 0 radical (unpaired) electrons. The van der Waals surface area contributed by atoms with Gasteiger partial charge in [-0.2, -0.15) is 0 Å². The number of rotatable bonds is 8. The van der Waals surface area contributed by atoms with Crippen LogP contribution in [0, 0.1) is 5.41 Å². The van der Waals surface area contributed by atoms with E-state index in [1.54, 1.807) is 19.3 Å². The molecule has 0 aromatic heterocycles. The molecule has 0 aliphatic carbocycles. The number of ketones is 1. The Balaban J connectivity index is 2.15. The minimum Gasteiger partial charge on any atom is -0.404 e. The van der Waals surface area contributed by atoms with Crippen LogP contribution in [-0.4, -0.2) is 29.5 Å². The van der Waals surface area contributed by atoms with Crippen molar-refractivity contribution in [3.63, 3.8) is 0 Å². The number of hydrogen-bond acceptors (Lipinski definition) is 4. The third-order valence-corrected chi connectivity index (χ3v) is 6.91. The van der Waals surface area contributed by atoms with Crippen molar-refractivity contribution in [1.82, 2.24) is 4.90 Å². The lowest BCUT2D eigenvalue weighted by atomic mass is 9.75. The van der Waals surface area contributed by atoms with Crippen LogP contribution in [-0.2, 0) is 17.6 Å². The highest BCUT2D eigenvalue weighted by atomic mass is 16.1. The first-order valence-electron chi connectivity index (χ1n) is 12.7. The largest absolute Gasteiger partial charge is 0.404 e. The van der Waals surface area contributed by atoms with Crippen LogP contribution in [0.1, 0.15) is 76.6 Å². The van der Waals surface area contributed by atoms with Crippen molar-refractivity contribution in [1.29, 1.82) is 0 Å². The summed E-state index contributed by atoms with van der Waals surface area (Å²) in [5, 5.41) is 0. The summed E-state index contributed by atoms with van der Waals surface area (Å²) in [5.74, 6) is 0.0328. The Kier molecular flexibility index (Phi) is 8.04. The third kappa shape index (κ3) is 5.58. The van der Waals surface area contributed by atoms with Gasteiger partial charge in [-0.1, -0.05) is 60.3 Å². The summed E-state index contributed by atoms with van der Waals surface area (Å²) in [6, 6.07) is 4.87. The lowest BCUT2D eigenvalue weighted by molar-refractivity contribution is -0.115. The topological polar surface area (TPSA) is 58.7 Å². The highest BCUT2D eigenvalue weighted by Crippen LogP contribution is 2.45. The fraction of sp³-hybridized carbons (Fsp3) is 0.419. The molecule has 4 heteroatoms. The van der Waals surface area contributed by atoms with Crippen LogP contribution in [0.2, 0.25) is 0 Å². The maximum absolute atomic E-state index is 11.4. The normalized spacial score (nSPS) is 18.2. The van der Waals surface area contributed by atoms with Gasteiger partial charge in [0.15, 0.2) is 5.78 Å². The summed E-state index contributed by atoms with van der Waals surface area (Å²) < 4.78 is 0. The van der Waals surface area contributed by atoms with Crippen LogP contribution in [0.5, 0.6) is 0 Å². The first-order valence-corrected chi connectivity index (χ1v) is 12.7. The summed E-state index contributed by atoms with van der Waals surface area (Å²) in [7, 11) is 0. The lowest BCUT2D eigenvalue weighted by Crippen LogP contribution is -2.45. The Morgan fingerprint density at radius 2 is 2.00 bits per heavy atom. The van der Waals surface area contributed by atoms with Gasteiger partial charge in [-0.05, 0) is 77.2 Å². The van der Waals surface area contributed by atoms with E-state index in [2.05, 4.69) is 82.1 Å². The molecule has 1 atom stereocenters. The Labute approximate surface area is 211 Å². The van der Waals surface area contributed by atoms with Crippen molar-refractivity contribution in [2.24, 2.45) is 16.1 Å². The number of aryl methyl sites for hydroxylation is 1. The highest BCUT2D eigenvalue weighted by Gasteiger charge is 2.38. The number of hydrogen-bond donors (Lipinski definition) is 1. The average Bonchev–Trinajstić information content (AvgIpc) is 2.79. The van der Waals surface area contributed by atoms with Gasteiger partial charge in [-0.15, -0.1) is 0 Å². The molecule has 0 fully saturated rings. The standard InChI is InChI=1S/C31H41N3O/c1-9-11-20(3)28-19-34-29(12-21(28)4)27-13-23(10-2)26(25(16-32)18-33-17-22(5)35)14-24(27)15-30(34)31(6,7)8/h12-14,16,18-19,30H,3-4,9-11,15,17,32H2,1-2,5-8H3. The molecule has 3 rings (SSSR count). The molecule has 1 unspecified atom stereocenters. The molecular formula is C31H41N3O. The molecule has 0 amide bonds. The summed E-state index contributed by atoms with van der Waals surface area (Å²) >= 11 is 0. The summed E-state index contributed by atoms with van der Waals surface area (Å²) in [5.41, 5.74) is 16.3. The van der Waals surface area contributed by atoms with Crippen LogP contribution < -0.4 is 5.73 Å². The van der Waals surface area contributed by atoms with Gasteiger partial charge < -0.3 is 10.6 Å². The summed E-state index contributed by atoms with van der Waals surface area (Å²) in [6.45, 7) is 21.7. The van der Waals surface area contributed by atoms with Crippen LogP contribution in [0.4, 0.5) is 0 Å². The van der Waals surface area contributed by atoms with E-state index in [1.165, 1.54) is 22.4 Å². The molecule has 2 heterocycles. The van der Waals surface area contributed by atoms with Crippen molar-refractivity contribution in [3.05, 3.63) is 82.7 Å². The van der Waals surface area contributed by atoms with Gasteiger partial charge in [0, 0.05) is 41.5 Å². The number of fused-ring (bicyclic) bond motifs is 3. The molecule has 0 saturated heterocycles. The van der Waals surface area contributed by atoms with Crippen LogP contribution in [0.15, 0.2) is 65.5 Å². The van der Waals surface area contributed by atoms with Gasteiger partial charge in [0.25, 0.3) is 0 Å². The number of allylic oxidation sites excluding steroid dienone is 5. The maximum Gasteiger partial charge on any atom is 0.151 e. The molecule has 0 bridgehead atoms. The zero-order valence-electron chi connectivity index (χ0n) is 22.4. The number of aliphatic imine (C=N–C) groups is 1. The first-order chi connectivity index (χ1) is 16.5. The highest BCUT2D eigenvalue weighted by molar-refractivity contribution is 6.10.